The van der Waals surface area contributed by atoms with Crippen molar-refractivity contribution in [2.24, 2.45) is 0 Å². The Morgan fingerprint density at radius 3 is 2.20 bits per heavy atom. The molecule has 2 aromatic heterocycles. The van der Waals surface area contributed by atoms with Crippen LogP contribution in [0, 0.1) is 5.21 Å². The normalized spacial score (nSPS) is 22.0. The summed E-state index contributed by atoms with van der Waals surface area (Å²) >= 11 is 0. The molecule has 7 heteroatoms. The highest BCUT2D eigenvalue weighted by Gasteiger charge is 2.39. The summed E-state index contributed by atoms with van der Waals surface area (Å²) in [4.78, 5) is 17.3. The van der Waals surface area contributed by atoms with Crippen LogP contribution in [0.4, 0.5) is 5.95 Å². The minimum absolute atomic E-state index is 0.133. The molecule has 2 fully saturated rings. The average molecular weight is 340 g/mol. The summed E-state index contributed by atoms with van der Waals surface area (Å²) in [5, 5.41) is 13.5. The van der Waals surface area contributed by atoms with Gasteiger partial charge in [-0.25, -0.2) is 14.9 Å². The molecule has 4 heterocycles. The number of likely N-dealkylation sites (tertiary alicyclic amines) is 1. The molecular weight excluding hydrogens is 316 g/mol. The predicted octanol–water partition coefficient (Wildman–Crippen LogP) is 1.80. The van der Waals surface area contributed by atoms with Crippen LogP contribution in [0.2, 0.25) is 0 Å². The van der Waals surface area contributed by atoms with Gasteiger partial charge in [0.2, 0.25) is 5.95 Å². The third-order valence-electron chi connectivity index (χ3n) is 5.27. The lowest BCUT2D eigenvalue weighted by atomic mass is 10.1. The third kappa shape index (κ3) is 3.35. The van der Waals surface area contributed by atoms with Gasteiger partial charge in [-0.2, -0.15) is 0 Å². The Morgan fingerprint density at radius 2 is 1.56 bits per heavy atom. The Hall–Kier alpha value is -2.09. The van der Waals surface area contributed by atoms with Gasteiger partial charge in [0.05, 0.1) is 13.1 Å². The van der Waals surface area contributed by atoms with E-state index in [9.17, 15) is 5.21 Å². The zero-order chi connectivity index (χ0) is 17.1. The Kier molecular flexibility index (Phi) is 4.61. The fraction of sp³-hybridized carbons (Fsp3) is 0.500. The van der Waals surface area contributed by atoms with E-state index in [2.05, 4.69) is 24.8 Å². The number of quaternary nitrogens is 1. The summed E-state index contributed by atoms with van der Waals surface area (Å²) in [5.41, 5.74) is 1.08. The largest absolute Gasteiger partial charge is 0.631 e. The maximum absolute atomic E-state index is 13.5. The standard InChI is InChI=1S/C18H24N6O/c25-24(14-1-2-15-24)17(16-4-8-19-9-5-16)22-10-12-23(13-11-22)18-20-6-3-7-21-18/h3-9,17H,1-2,10-15H2. The van der Waals surface area contributed by atoms with Crippen molar-refractivity contribution in [2.75, 3.05) is 44.2 Å². The molecule has 0 spiro atoms. The van der Waals surface area contributed by atoms with Gasteiger partial charge in [-0.15, -0.1) is 0 Å². The van der Waals surface area contributed by atoms with Gasteiger partial charge < -0.3 is 14.8 Å². The summed E-state index contributed by atoms with van der Waals surface area (Å²) in [7, 11) is 0. The molecule has 2 aliphatic heterocycles. The van der Waals surface area contributed by atoms with Crippen LogP contribution in [0.1, 0.15) is 24.6 Å². The molecule has 7 nitrogen and oxygen atoms in total. The number of hydrogen-bond acceptors (Lipinski definition) is 6. The van der Waals surface area contributed by atoms with E-state index in [0.717, 1.165) is 50.5 Å². The fourth-order valence-corrected chi connectivity index (χ4v) is 4.05. The van der Waals surface area contributed by atoms with E-state index in [-0.39, 0.29) is 10.8 Å². The van der Waals surface area contributed by atoms with Crippen LogP contribution in [-0.2, 0) is 0 Å². The summed E-state index contributed by atoms with van der Waals surface area (Å²) < 4.78 is -0.133. The van der Waals surface area contributed by atoms with Gasteiger partial charge in [0.1, 0.15) is 0 Å². The van der Waals surface area contributed by atoms with Crippen molar-refractivity contribution in [2.45, 2.75) is 19.0 Å². The van der Waals surface area contributed by atoms with Crippen molar-refractivity contribution < 1.29 is 4.65 Å². The van der Waals surface area contributed by atoms with Crippen LogP contribution in [0.15, 0.2) is 43.0 Å². The van der Waals surface area contributed by atoms with E-state index in [0.29, 0.717) is 13.1 Å². The molecule has 1 unspecified atom stereocenters. The van der Waals surface area contributed by atoms with Crippen molar-refractivity contribution >= 4 is 5.95 Å². The monoisotopic (exact) mass is 340 g/mol. The third-order valence-corrected chi connectivity index (χ3v) is 5.27. The summed E-state index contributed by atoms with van der Waals surface area (Å²) in [6, 6.07) is 5.82. The Bertz CT molecular complexity index is 668. The van der Waals surface area contributed by atoms with Gasteiger partial charge in [0.25, 0.3) is 0 Å². The first-order valence-electron chi connectivity index (χ1n) is 9.00. The number of rotatable bonds is 4. The Morgan fingerprint density at radius 1 is 0.920 bits per heavy atom. The lowest BCUT2D eigenvalue weighted by Crippen LogP contribution is -2.56. The molecule has 2 saturated heterocycles. The van der Waals surface area contributed by atoms with Gasteiger partial charge in [-0.1, -0.05) is 0 Å². The summed E-state index contributed by atoms with van der Waals surface area (Å²) in [6.45, 7) is 4.77. The first kappa shape index (κ1) is 16.4. The molecule has 0 amide bonds. The van der Waals surface area contributed by atoms with Gasteiger partial charge >= 0.3 is 0 Å². The Labute approximate surface area is 148 Å². The zero-order valence-electron chi connectivity index (χ0n) is 14.4. The van der Waals surface area contributed by atoms with Crippen molar-refractivity contribution in [1.82, 2.24) is 19.9 Å². The molecule has 0 saturated carbocycles. The lowest BCUT2D eigenvalue weighted by molar-refractivity contribution is -0.913. The number of piperazine rings is 1. The molecule has 0 aromatic carbocycles. The van der Waals surface area contributed by atoms with Crippen LogP contribution < -0.4 is 4.90 Å². The van der Waals surface area contributed by atoms with Gasteiger partial charge in [0, 0.05) is 69.4 Å². The SMILES string of the molecule is [O-][N+]1(C(c2ccncc2)N2CCN(c3ncccn3)CC2)CCCC1. The highest BCUT2D eigenvalue weighted by Crippen LogP contribution is 2.36. The van der Waals surface area contributed by atoms with Crippen molar-refractivity contribution in [1.29, 1.82) is 0 Å². The fourth-order valence-electron chi connectivity index (χ4n) is 4.05. The van der Waals surface area contributed by atoms with E-state index in [1.54, 1.807) is 24.8 Å². The van der Waals surface area contributed by atoms with E-state index in [1.165, 1.54) is 0 Å². The van der Waals surface area contributed by atoms with Crippen molar-refractivity contribution in [3.63, 3.8) is 0 Å². The zero-order valence-corrected chi connectivity index (χ0v) is 14.4. The van der Waals surface area contributed by atoms with Crippen molar-refractivity contribution in [3.8, 4) is 0 Å². The number of pyridine rings is 1. The first-order chi connectivity index (χ1) is 12.3. The molecule has 1 atom stereocenters. The second-order valence-electron chi connectivity index (χ2n) is 6.83. The molecule has 2 aliphatic rings. The minimum atomic E-state index is -0.135. The molecule has 0 aliphatic carbocycles. The van der Waals surface area contributed by atoms with Gasteiger partial charge in [-0.3, -0.25) is 4.98 Å². The highest BCUT2D eigenvalue weighted by atomic mass is 16.6. The smallest absolute Gasteiger partial charge is 0.225 e. The van der Waals surface area contributed by atoms with Gasteiger partial charge in [0.15, 0.2) is 6.17 Å². The molecular formula is C18H24N6O. The molecule has 132 valence electrons. The van der Waals surface area contributed by atoms with Gasteiger partial charge in [-0.05, 0) is 18.2 Å². The van der Waals surface area contributed by atoms with Crippen LogP contribution in [-0.4, -0.2) is 63.8 Å². The number of anilines is 1. The second-order valence-corrected chi connectivity index (χ2v) is 6.83. The summed E-state index contributed by atoms with van der Waals surface area (Å²) in [6.07, 6.45) is 9.03. The van der Waals surface area contributed by atoms with Crippen LogP contribution in [0.3, 0.4) is 0 Å². The minimum Gasteiger partial charge on any atom is -0.631 e. The van der Waals surface area contributed by atoms with E-state index < -0.39 is 0 Å². The lowest BCUT2D eigenvalue weighted by Gasteiger charge is -2.51. The highest BCUT2D eigenvalue weighted by molar-refractivity contribution is 5.29. The molecule has 0 N–H and O–H groups in total. The van der Waals surface area contributed by atoms with E-state index >= 15 is 0 Å². The molecule has 0 radical (unpaired) electrons. The molecule has 4 rings (SSSR count). The number of hydrogen-bond donors (Lipinski definition) is 0. The second kappa shape index (κ2) is 7.03. The van der Waals surface area contributed by atoms with Crippen molar-refractivity contribution in [3.05, 3.63) is 53.8 Å². The molecule has 25 heavy (non-hydrogen) atoms. The quantitative estimate of drug-likeness (QED) is 0.624. The topological polar surface area (TPSA) is 68.2 Å². The predicted molar refractivity (Wildman–Crippen MR) is 95.4 cm³/mol. The maximum Gasteiger partial charge on any atom is 0.225 e. The Balaban J connectivity index is 1.53. The number of hydroxylamine groups is 3. The number of aromatic nitrogens is 3. The average Bonchev–Trinajstić information content (AvgIpc) is 3.11. The van der Waals surface area contributed by atoms with E-state index in [1.807, 2.05) is 18.2 Å². The number of nitrogens with zero attached hydrogens (tertiary/aromatic N) is 6. The van der Waals surface area contributed by atoms with Crippen LogP contribution in [0.25, 0.3) is 0 Å². The maximum atomic E-state index is 13.5. The molecule has 2 aromatic rings. The van der Waals surface area contributed by atoms with Crippen LogP contribution >= 0.6 is 0 Å². The first-order valence-corrected chi connectivity index (χ1v) is 9.00. The molecule has 0 bridgehead atoms. The van der Waals surface area contributed by atoms with Crippen LogP contribution in [0.5, 0.6) is 0 Å². The van der Waals surface area contributed by atoms with E-state index in [4.69, 9.17) is 0 Å². The summed E-state index contributed by atoms with van der Waals surface area (Å²) in [5.74, 6) is 0.773.